The van der Waals surface area contributed by atoms with E-state index in [0.29, 0.717) is 11.1 Å². The van der Waals surface area contributed by atoms with Crippen molar-refractivity contribution in [2.24, 2.45) is 0 Å². The lowest BCUT2D eigenvalue weighted by Crippen LogP contribution is -1.81. The Balaban J connectivity index is 2.03. The predicted octanol–water partition coefficient (Wildman–Crippen LogP) is 2.43. The minimum absolute atomic E-state index is 0.658. The van der Waals surface area contributed by atoms with E-state index in [4.69, 9.17) is 4.52 Å². The zero-order valence-electron chi connectivity index (χ0n) is 9.07. The smallest absolute Gasteiger partial charge is 0.188 e. The fraction of sp³-hybridized carbons (Fsp3) is 0. The van der Waals surface area contributed by atoms with Crippen molar-refractivity contribution in [3.8, 4) is 11.1 Å². The van der Waals surface area contributed by atoms with Crippen LogP contribution < -0.4 is 0 Å². The first-order valence-electron chi connectivity index (χ1n) is 5.35. The van der Waals surface area contributed by atoms with Crippen molar-refractivity contribution in [2.75, 3.05) is 0 Å². The molecule has 0 aliphatic heterocycles. The fourth-order valence-corrected chi connectivity index (χ4v) is 1.99. The molecule has 4 rings (SSSR count). The third-order valence-corrected chi connectivity index (χ3v) is 2.84. The molecule has 6 heteroatoms. The molecule has 0 fully saturated rings. The summed E-state index contributed by atoms with van der Waals surface area (Å²) in [5, 5.41) is 15.2. The molecule has 18 heavy (non-hydrogen) atoms. The predicted molar refractivity (Wildman–Crippen MR) is 62.6 cm³/mol. The highest BCUT2D eigenvalue weighted by Crippen LogP contribution is 2.28. The third-order valence-electron chi connectivity index (χ3n) is 2.84. The van der Waals surface area contributed by atoms with Crippen molar-refractivity contribution in [2.45, 2.75) is 0 Å². The standard InChI is InChI=1S/C12H6N4O2/c1-2-8(12-11(3-1)17-16-13-12)7-4-5-9-10(6-7)15-18-14-9/h1-6H. The van der Waals surface area contributed by atoms with Crippen molar-refractivity contribution in [1.29, 1.82) is 0 Å². The van der Waals surface area contributed by atoms with E-state index < -0.39 is 0 Å². The highest BCUT2D eigenvalue weighted by atomic mass is 16.6. The van der Waals surface area contributed by atoms with Crippen LogP contribution in [0.25, 0.3) is 33.3 Å². The molecular weight excluding hydrogens is 232 g/mol. The van der Waals surface area contributed by atoms with Gasteiger partial charge in [-0.05, 0) is 34.1 Å². The van der Waals surface area contributed by atoms with Gasteiger partial charge in [0.15, 0.2) is 5.58 Å². The van der Waals surface area contributed by atoms with E-state index in [2.05, 4.69) is 25.3 Å². The number of hydrogen-bond donors (Lipinski definition) is 0. The molecule has 0 radical (unpaired) electrons. The highest BCUT2D eigenvalue weighted by Gasteiger charge is 2.10. The van der Waals surface area contributed by atoms with E-state index in [9.17, 15) is 0 Å². The Bertz CT molecular complexity index is 849. The van der Waals surface area contributed by atoms with Gasteiger partial charge in [-0.1, -0.05) is 18.2 Å². The van der Waals surface area contributed by atoms with Gasteiger partial charge in [-0.25, -0.2) is 4.63 Å². The van der Waals surface area contributed by atoms with Gasteiger partial charge < -0.3 is 4.52 Å². The maximum atomic E-state index is 5.04. The van der Waals surface area contributed by atoms with Crippen LogP contribution in [0, 0.1) is 0 Å². The lowest BCUT2D eigenvalue weighted by molar-refractivity contribution is 0.315. The Morgan fingerprint density at radius 3 is 2.89 bits per heavy atom. The Labute approximate surface area is 100 Å². The summed E-state index contributed by atoms with van der Waals surface area (Å²) in [6, 6.07) is 11.4. The number of nitrogens with zero attached hydrogens (tertiary/aromatic N) is 4. The molecule has 0 bridgehead atoms. The van der Waals surface area contributed by atoms with Crippen LogP contribution in [0.1, 0.15) is 0 Å². The summed E-state index contributed by atoms with van der Waals surface area (Å²) in [7, 11) is 0. The molecule has 0 atom stereocenters. The summed E-state index contributed by atoms with van der Waals surface area (Å²) >= 11 is 0. The normalized spacial score (nSPS) is 11.3. The molecule has 2 aromatic heterocycles. The van der Waals surface area contributed by atoms with Crippen molar-refractivity contribution < 1.29 is 9.15 Å². The minimum Gasteiger partial charge on any atom is -0.337 e. The summed E-state index contributed by atoms with van der Waals surface area (Å²) in [4.78, 5) is 0. The van der Waals surface area contributed by atoms with E-state index in [0.717, 1.165) is 22.2 Å². The molecule has 0 spiro atoms. The number of fused-ring (bicyclic) bond motifs is 2. The average Bonchev–Trinajstić information content (AvgIpc) is 3.05. The second-order valence-corrected chi connectivity index (χ2v) is 3.89. The summed E-state index contributed by atoms with van der Waals surface area (Å²) in [5.74, 6) is 0. The van der Waals surface area contributed by atoms with Crippen LogP contribution in [-0.4, -0.2) is 20.7 Å². The van der Waals surface area contributed by atoms with Crippen molar-refractivity contribution in [3.05, 3.63) is 36.4 Å². The Kier molecular flexibility index (Phi) is 1.74. The second-order valence-electron chi connectivity index (χ2n) is 3.89. The van der Waals surface area contributed by atoms with E-state index in [1.165, 1.54) is 0 Å². The molecule has 0 aliphatic rings. The molecule has 4 aromatic rings. The zero-order valence-corrected chi connectivity index (χ0v) is 9.07. The van der Waals surface area contributed by atoms with Gasteiger partial charge in [0.25, 0.3) is 0 Å². The van der Waals surface area contributed by atoms with Crippen LogP contribution in [0.3, 0.4) is 0 Å². The summed E-state index contributed by atoms with van der Waals surface area (Å²) in [6.45, 7) is 0. The lowest BCUT2D eigenvalue weighted by atomic mass is 10.0. The van der Waals surface area contributed by atoms with Gasteiger partial charge in [0.05, 0.1) is 0 Å². The maximum Gasteiger partial charge on any atom is 0.188 e. The van der Waals surface area contributed by atoms with Crippen LogP contribution in [0.5, 0.6) is 0 Å². The van der Waals surface area contributed by atoms with Gasteiger partial charge in [0.2, 0.25) is 0 Å². The largest absolute Gasteiger partial charge is 0.337 e. The minimum atomic E-state index is 0.658. The Hall–Kier alpha value is -2.76. The van der Waals surface area contributed by atoms with Gasteiger partial charge >= 0.3 is 0 Å². The summed E-state index contributed by atoms with van der Waals surface area (Å²) in [5.41, 5.74) is 4.74. The molecule has 86 valence electrons. The van der Waals surface area contributed by atoms with E-state index >= 15 is 0 Å². The molecule has 0 N–H and O–H groups in total. The van der Waals surface area contributed by atoms with Gasteiger partial charge in [-0.3, -0.25) is 0 Å². The molecule has 0 aliphatic carbocycles. The molecule has 2 heterocycles. The monoisotopic (exact) mass is 238 g/mol. The first kappa shape index (κ1) is 9.29. The third kappa shape index (κ3) is 1.22. The van der Waals surface area contributed by atoms with Gasteiger partial charge in [0.1, 0.15) is 16.6 Å². The van der Waals surface area contributed by atoms with Crippen LogP contribution in [-0.2, 0) is 0 Å². The first-order chi connectivity index (χ1) is 8.92. The fourth-order valence-electron chi connectivity index (χ4n) is 1.99. The molecular formula is C12H6N4O2. The van der Waals surface area contributed by atoms with Gasteiger partial charge in [-0.15, -0.1) is 5.10 Å². The number of aromatic nitrogens is 4. The second kappa shape index (κ2) is 3.36. The number of benzene rings is 2. The summed E-state index contributed by atoms with van der Waals surface area (Å²) in [6.07, 6.45) is 0. The molecule has 0 saturated carbocycles. The van der Waals surface area contributed by atoms with E-state index in [-0.39, 0.29) is 0 Å². The Morgan fingerprint density at radius 1 is 0.944 bits per heavy atom. The van der Waals surface area contributed by atoms with E-state index in [1.54, 1.807) is 0 Å². The van der Waals surface area contributed by atoms with Crippen LogP contribution in [0.2, 0.25) is 0 Å². The molecule has 6 nitrogen and oxygen atoms in total. The summed E-state index contributed by atoms with van der Waals surface area (Å²) < 4.78 is 9.73. The van der Waals surface area contributed by atoms with Crippen molar-refractivity contribution >= 4 is 22.1 Å². The van der Waals surface area contributed by atoms with Crippen molar-refractivity contribution in [1.82, 2.24) is 20.7 Å². The zero-order chi connectivity index (χ0) is 11.9. The van der Waals surface area contributed by atoms with Crippen LogP contribution in [0.4, 0.5) is 0 Å². The molecule has 0 amide bonds. The highest BCUT2D eigenvalue weighted by molar-refractivity contribution is 5.92. The number of hydrogen-bond acceptors (Lipinski definition) is 6. The Morgan fingerprint density at radius 2 is 1.89 bits per heavy atom. The maximum absolute atomic E-state index is 5.04. The molecule has 0 saturated heterocycles. The van der Waals surface area contributed by atoms with Gasteiger partial charge in [0, 0.05) is 10.8 Å². The lowest BCUT2D eigenvalue weighted by Gasteiger charge is -2.00. The van der Waals surface area contributed by atoms with Crippen molar-refractivity contribution in [3.63, 3.8) is 0 Å². The number of rotatable bonds is 1. The quantitative estimate of drug-likeness (QED) is 0.506. The molecule has 2 aromatic carbocycles. The van der Waals surface area contributed by atoms with Gasteiger partial charge in [-0.2, -0.15) is 0 Å². The van der Waals surface area contributed by atoms with Crippen LogP contribution in [0.15, 0.2) is 45.6 Å². The van der Waals surface area contributed by atoms with E-state index in [1.807, 2.05) is 36.4 Å². The first-order valence-corrected chi connectivity index (χ1v) is 5.35. The SMILES string of the molecule is c1cc(-c2ccc3nonc3c2)c2nnoc2c1. The average molecular weight is 238 g/mol. The topological polar surface area (TPSA) is 77.8 Å². The molecule has 0 unspecified atom stereocenters. The van der Waals surface area contributed by atoms with Crippen LogP contribution >= 0.6 is 0 Å².